The van der Waals surface area contributed by atoms with Crippen LogP contribution in [0.1, 0.15) is 38.4 Å². The Morgan fingerprint density at radius 2 is 2.10 bits per heavy atom. The minimum Gasteiger partial charge on any atom is -0.377 e. The molecule has 0 unspecified atom stereocenters. The number of nitrogens with zero attached hydrogens (tertiary/aromatic N) is 3. The summed E-state index contributed by atoms with van der Waals surface area (Å²) in [5, 5.41) is 3.30. The number of hydrogen-bond donors (Lipinski definition) is 1. The molecule has 0 aliphatic heterocycles. The minimum atomic E-state index is 0.466. The predicted molar refractivity (Wildman–Crippen MR) is 80.0 cm³/mol. The number of hydrogen-bond acceptors (Lipinski definition) is 5. The van der Waals surface area contributed by atoms with Crippen LogP contribution in [0.4, 0.5) is 11.6 Å². The summed E-state index contributed by atoms with van der Waals surface area (Å²) < 4.78 is 5.19. The molecule has 0 atom stereocenters. The molecule has 1 N–H and O–H groups in total. The van der Waals surface area contributed by atoms with Gasteiger partial charge in [0.05, 0.1) is 0 Å². The lowest BCUT2D eigenvalue weighted by Gasteiger charge is -2.24. The second-order valence-corrected chi connectivity index (χ2v) is 5.82. The molecule has 110 valence electrons. The fourth-order valence-electron chi connectivity index (χ4n) is 2.49. The largest absolute Gasteiger partial charge is 0.377 e. The van der Waals surface area contributed by atoms with Crippen molar-refractivity contribution in [2.45, 2.75) is 45.3 Å². The Labute approximate surface area is 120 Å². The van der Waals surface area contributed by atoms with E-state index in [1.54, 1.807) is 7.11 Å². The van der Waals surface area contributed by atoms with Gasteiger partial charge in [-0.15, -0.1) is 0 Å². The van der Waals surface area contributed by atoms with Crippen molar-refractivity contribution < 1.29 is 4.74 Å². The van der Waals surface area contributed by atoms with Crippen LogP contribution in [0.3, 0.4) is 0 Å². The van der Waals surface area contributed by atoms with Gasteiger partial charge in [0.1, 0.15) is 18.2 Å². The summed E-state index contributed by atoms with van der Waals surface area (Å²) in [6, 6.07) is 2.78. The molecule has 3 rings (SSSR count). The van der Waals surface area contributed by atoms with E-state index in [9.17, 15) is 0 Å². The van der Waals surface area contributed by atoms with E-state index in [0.717, 1.165) is 36.5 Å². The lowest BCUT2D eigenvalue weighted by molar-refractivity contribution is 0.178. The predicted octanol–water partition coefficient (Wildman–Crippen LogP) is 2.43. The molecule has 2 aliphatic rings. The maximum absolute atomic E-state index is 5.19. The van der Waals surface area contributed by atoms with E-state index in [-0.39, 0.29) is 0 Å². The number of anilines is 2. The fraction of sp³-hybridized carbons (Fsp3) is 0.733. The van der Waals surface area contributed by atoms with Gasteiger partial charge >= 0.3 is 0 Å². The van der Waals surface area contributed by atoms with Crippen molar-refractivity contribution in [2.75, 3.05) is 30.4 Å². The van der Waals surface area contributed by atoms with Gasteiger partial charge in [-0.05, 0) is 38.5 Å². The molecule has 2 fully saturated rings. The number of aromatic nitrogens is 2. The first kappa shape index (κ1) is 13.6. The second-order valence-electron chi connectivity index (χ2n) is 5.82. The zero-order chi connectivity index (χ0) is 13.9. The zero-order valence-electron chi connectivity index (χ0n) is 12.4. The molecule has 1 aromatic heterocycles. The topological polar surface area (TPSA) is 50.3 Å². The van der Waals surface area contributed by atoms with Crippen LogP contribution < -0.4 is 10.2 Å². The van der Waals surface area contributed by atoms with E-state index in [1.807, 2.05) is 0 Å². The highest BCUT2D eigenvalue weighted by molar-refractivity contribution is 5.51. The standard InChI is InChI=1S/C15H24N4O/c1-3-16-13-8-15(18-14(17-13)10-20-2)19(12-6-7-12)9-11-4-5-11/h8,11-12H,3-7,9-10H2,1-2H3,(H,16,17,18). The molecule has 0 aromatic carbocycles. The van der Waals surface area contributed by atoms with Crippen LogP contribution in [0.5, 0.6) is 0 Å². The van der Waals surface area contributed by atoms with Gasteiger partial charge in [0.2, 0.25) is 0 Å². The van der Waals surface area contributed by atoms with Crippen molar-refractivity contribution in [1.82, 2.24) is 9.97 Å². The molecule has 0 saturated heterocycles. The van der Waals surface area contributed by atoms with E-state index < -0.39 is 0 Å². The van der Waals surface area contributed by atoms with Crippen LogP contribution in [0.25, 0.3) is 0 Å². The van der Waals surface area contributed by atoms with Crippen LogP contribution in [0, 0.1) is 5.92 Å². The average molecular weight is 276 g/mol. The van der Waals surface area contributed by atoms with Gasteiger partial charge in [-0.25, -0.2) is 9.97 Å². The Bertz CT molecular complexity index is 433. The molecule has 2 saturated carbocycles. The van der Waals surface area contributed by atoms with Gasteiger partial charge < -0.3 is 15.0 Å². The molecular formula is C15H24N4O. The van der Waals surface area contributed by atoms with Gasteiger partial charge in [-0.3, -0.25) is 0 Å². The first-order chi connectivity index (χ1) is 9.80. The Morgan fingerprint density at radius 1 is 1.30 bits per heavy atom. The monoisotopic (exact) mass is 276 g/mol. The molecule has 5 nitrogen and oxygen atoms in total. The second kappa shape index (κ2) is 5.95. The van der Waals surface area contributed by atoms with Gasteiger partial charge in [0, 0.05) is 32.3 Å². The first-order valence-electron chi connectivity index (χ1n) is 7.67. The third-order valence-electron chi connectivity index (χ3n) is 3.82. The summed E-state index contributed by atoms with van der Waals surface area (Å²) in [5.74, 6) is 3.62. The molecule has 1 heterocycles. The number of nitrogens with one attached hydrogen (secondary N) is 1. The van der Waals surface area contributed by atoms with Gasteiger partial charge in [0.15, 0.2) is 5.82 Å². The number of rotatable bonds is 8. The van der Waals surface area contributed by atoms with E-state index >= 15 is 0 Å². The summed E-state index contributed by atoms with van der Waals surface area (Å²) in [6.45, 7) is 4.57. The Kier molecular flexibility index (Phi) is 4.05. The van der Waals surface area contributed by atoms with Crippen molar-refractivity contribution in [2.24, 2.45) is 5.92 Å². The summed E-state index contributed by atoms with van der Waals surface area (Å²) in [6.07, 6.45) is 5.35. The summed E-state index contributed by atoms with van der Waals surface area (Å²) >= 11 is 0. The number of ether oxygens (including phenoxy) is 1. The minimum absolute atomic E-state index is 0.466. The van der Waals surface area contributed by atoms with Gasteiger partial charge in [0.25, 0.3) is 0 Å². The quantitative estimate of drug-likeness (QED) is 0.790. The fourth-order valence-corrected chi connectivity index (χ4v) is 2.49. The summed E-state index contributed by atoms with van der Waals surface area (Å²) in [7, 11) is 1.69. The molecule has 2 aliphatic carbocycles. The average Bonchev–Trinajstić information content (AvgIpc) is 3.29. The Hall–Kier alpha value is -1.36. The van der Waals surface area contributed by atoms with E-state index in [4.69, 9.17) is 9.72 Å². The van der Waals surface area contributed by atoms with Gasteiger partial charge in [-0.2, -0.15) is 0 Å². The smallest absolute Gasteiger partial charge is 0.158 e. The van der Waals surface area contributed by atoms with E-state index in [2.05, 4.69) is 28.2 Å². The highest BCUT2D eigenvalue weighted by Crippen LogP contribution is 2.37. The first-order valence-corrected chi connectivity index (χ1v) is 7.67. The van der Waals surface area contributed by atoms with Gasteiger partial charge in [-0.1, -0.05) is 0 Å². The van der Waals surface area contributed by atoms with E-state index in [0.29, 0.717) is 12.6 Å². The Morgan fingerprint density at radius 3 is 2.70 bits per heavy atom. The molecule has 0 spiro atoms. The third-order valence-corrected chi connectivity index (χ3v) is 3.82. The van der Waals surface area contributed by atoms with Crippen LogP contribution >= 0.6 is 0 Å². The molecule has 5 heteroatoms. The molecule has 1 aromatic rings. The Balaban J connectivity index is 1.83. The summed E-state index contributed by atoms with van der Waals surface area (Å²) in [4.78, 5) is 11.7. The molecule has 0 amide bonds. The van der Waals surface area contributed by atoms with E-state index in [1.165, 1.54) is 25.7 Å². The third kappa shape index (κ3) is 3.39. The van der Waals surface area contributed by atoms with Crippen LogP contribution in [-0.4, -0.2) is 36.2 Å². The SMILES string of the molecule is CCNc1cc(N(CC2CC2)C2CC2)nc(COC)n1. The van der Waals surface area contributed by atoms with Crippen LogP contribution in [0.15, 0.2) is 6.07 Å². The highest BCUT2D eigenvalue weighted by atomic mass is 16.5. The van der Waals surface area contributed by atoms with Crippen molar-refractivity contribution in [3.8, 4) is 0 Å². The maximum atomic E-state index is 5.19. The van der Waals surface area contributed by atoms with Crippen molar-refractivity contribution in [1.29, 1.82) is 0 Å². The molecular weight excluding hydrogens is 252 g/mol. The normalized spacial score (nSPS) is 18.1. The van der Waals surface area contributed by atoms with Crippen LogP contribution in [-0.2, 0) is 11.3 Å². The molecule has 0 radical (unpaired) electrons. The number of methoxy groups -OCH3 is 1. The zero-order valence-corrected chi connectivity index (χ0v) is 12.4. The molecule has 20 heavy (non-hydrogen) atoms. The summed E-state index contributed by atoms with van der Waals surface area (Å²) in [5.41, 5.74) is 0. The van der Waals surface area contributed by atoms with Crippen molar-refractivity contribution >= 4 is 11.6 Å². The lowest BCUT2D eigenvalue weighted by Crippen LogP contribution is -2.29. The molecule has 0 bridgehead atoms. The highest BCUT2D eigenvalue weighted by Gasteiger charge is 2.34. The van der Waals surface area contributed by atoms with Crippen molar-refractivity contribution in [3.63, 3.8) is 0 Å². The van der Waals surface area contributed by atoms with Crippen molar-refractivity contribution in [3.05, 3.63) is 11.9 Å². The maximum Gasteiger partial charge on any atom is 0.158 e. The lowest BCUT2D eigenvalue weighted by atomic mass is 10.3. The van der Waals surface area contributed by atoms with Crippen LogP contribution in [0.2, 0.25) is 0 Å².